The molecule has 4 aromatic rings. The first-order valence-corrected chi connectivity index (χ1v) is 18.4. The first kappa shape index (κ1) is 39.6. The highest BCUT2D eigenvalue weighted by Gasteiger charge is 2.04. The van der Waals surface area contributed by atoms with Crippen molar-refractivity contribution >= 4 is 60.0 Å². The lowest BCUT2D eigenvalue weighted by molar-refractivity contribution is 0.139. The standard InChI is InChI=1S/C18H20BrNO3.C16H17NO3.C2H4Br2/c19-11-13-22-17-8-6-15(7-9-17)10-12-20-18(21)23-14-16-4-2-1-3-5-16;18-15-8-6-13(7-9-15)10-11-17-16(19)20-12-14-4-2-1-3-5-14;3-1-2-4/h1-9H,10-14H2,(H,20,21);1-9,18H,10-12H2,(H,17,19);1-2H2. The van der Waals surface area contributed by atoms with Crippen molar-refractivity contribution in [2.45, 2.75) is 26.1 Å². The molecule has 0 aliphatic carbocycles. The lowest BCUT2D eigenvalue weighted by Gasteiger charge is -2.08. The molecule has 0 aliphatic rings. The van der Waals surface area contributed by atoms with E-state index in [-0.39, 0.29) is 19.0 Å². The van der Waals surface area contributed by atoms with E-state index in [0.29, 0.717) is 26.1 Å². The van der Waals surface area contributed by atoms with Gasteiger partial charge in [0.15, 0.2) is 0 Å². The Morgan fingerprint density at radius 2 is 0.979 bits per heavy atom. The number of rotatable bonds is 14. The fourth-order valence-corrected chi connectivity index (χ4v) is 3.90. The van der Waals surface area contributed by atoms with Gasteiger partial charge < -0.3 is 30.0 Å². The van der Waals surface area contributed by atoms with Crippen molar-refractivity contribution in [1.29, 1.82) is 0 Å². The second kappa shape index (κ2) is 25.5. The van der Waals surface area contributed by atoms with E-state index in [2.05, 4.69) is 58.4 Å². The SMILES string of the molecule is BrCCBr.O=C(NCCc1ccc(O)cc1)OCc1ccccc1.O=C(NCCc1ccc(OCCBr)cc1)OCc1ccccc1. The number of halogens is 3. The molecule has 0 aliphatic heterocycles. The van der Waals surface area contributed by atoms with Crippen LogP contribution in [0.15, 0.2) is 109 Å². The van der Waals surface area contributed by atoms with Gasteiger partial charge in [-0.25, -0.2) is 9.59 Å². The maximum atomic E-state index is 11.6. The Morgan fingerprint density at radius 3 is 1.38 bits per heavy atom. The van der Waals surface area contributed by atoms with Gasteiger partial charge in [0.05, 0.1) is 6.61 Å². The van der Waals surface area contributed by atoms with Gasteiger partial charge in [0.1, 0.15) is 24.7 Å². The lowest BCUT2D eigenvalue weighted by atomic mass is 10.1. The molecular weight excluding hydrogens is 796 g/mol. The third-order valence-electron chi connectivity index (χ3n) is 6.07. The second-order valence-electron chi connectivity index (χ2n) is 9.70. The molecule has 0 aromatic heterocycles. The third-order valence-corrected chi connectivity index (χ3v) is 8.25. The number of phenolic OH excluding ortho intramolecular Hbond substituents is 1. The molecule has 3 N–H and O–H groups in total. The van der Waals surface area contributed by atoms with Crippen molar-refractivity contribution in [2.24, 2.45) is 0 Å². The fourth-order valence-electron chi connectivity index (χ4n) is 3.74. The molecule has 4 rings (SSSR count). The average molecular weight is 837 g/mol. The van der Waals surface area contributed by atoms with Crippen LogP contribution in [0.3, 0.4) is 0 Å². The van der Waals surface area contributed by atoms with Crippen LogP contribution in [0.5, 0.6) is 11.5 Å². The number of alkyl carbamates (subject to hydrolysis) is 2. The van der Waals surface area contributed by atoms with Crippen LogP contribution in [0.2, 0.25) is 0 Å². The molecule has 11 heteroatoms. The van der Waals surface area contributed by atoms with Crippen LogP contribution in [0.25, 0.3) is 0 Å². The molecular formula is C36H41Br3N2O6. The number of nitrogens with one attached hydrogen (secondary N) is 2. The molecule has 0 radical (unpaired) electrons. The first-order chi connectivity index (χ1) is 22.9. The summed E-state index contributed by atoms with van der Waals surface area (Å²) in [5.74, 6) is 1.09. The number of aromatic hydroxyl groups is 1. The smallest absolute Gasteiger partial charge is 0.407 e. The molecule has 47 heavy (non-hydrogen) atoms. The number of carbonyl (C=O) groups excluding carboxylic acids is 2. The van der Waals surface area contributed by atoms with E-state index >= 15 is 0 Å². The number of ether oxygens (including phenoxy) is 3. The Balaban J connectivity index is 0.000000296. The van der Waals surface area contributed by atoms with Crippen LogP contribution in [-0.2, 0) is 35.5 Å². The summed E-state index contributed by atoms with van der Waals surface area (Å²) in [5, 5.41) is 17.5. The average Bonchev–Trinajstić information content (AvgIpc) is 3.11. The van der Waals surface area contributed by atoms with Gasteiger partial charge in [-0.3, -0.25) is 0 Å². The van der Waals surface area contributed by atoms with Crippen LogP contribution < -0.4 is 15.4 Å². The molecule has 0 saturated carbocycles. The minimum atomic E-state index is -0.423. The van der Waals surface area contributed by atoms with Crippen molar-refractivity contribution in [1.82, 2.24) is 10.6 Å². The van der Waals surface area contributed by atoms with Crippen molar-refractivity contribution in [3.63, 3.8) is 0 Å². The Labute approximate surface area is 302 Å². The highest BCUT2D eigenvalue weighted by molar-refractivity contribution is 9.12. The van der Waals surface area contributed by atoms with E-state index in [9.17, 15) is 9.59 Å². The molecule has 0 unspecified atom stereocenters. The van der Waals surface area contributed by atoms with Crippen molar-refractivity contribution in [2.75, 3.05) is 35.7 Å². The molecule has 0 spiro atoms. The summed E-state index contributed by atoms with van der Waals surface area (Å²) in [6.07, 6.45) is 0.624. The highest BCUT2D eigenvalue weighted by Crippen LogP contribution is 2.13. The molecule has 4 aromatic carbocycles. The largest absolute Gasteiger partial charge is 0.508 e. The molecule has 0 bridgehead atoms. The predicted molar refractivity (Wildman–Crippen MR) is 198 cm³/mol. The highest BCUT2D eigenvalue weighted by atomic mass is 79.9. The normalized spacial score (nSPS) is 9.85. The van der Waals surface area contributed by atoms with Crippen molar-refractivity contribution in [3.05, 3.63) is 131 Å². The zero-order valence-corrected chi connectivity index (χ0v) is 30.8. The number of carbonyl (C=O) groups is 2. The fraction of sp³-hybridized carbons (Fsp3) is 0.278. The minimum absolute atomic E-state index is 0.240. The number of benzene rings is 4. The summed E-state index contributed by atoms with van der Waals surface area (Å²) in [4.78, 5) is 23.1. The van der Waals surface area contributed by atoms with Crippen LogP contribution in [0, 0.1) is 0 Å². The quantitative estimate of drug-likeness (QED) is 0.110. The zero-order chi connectivity index (χ0) is 34.0. The second-order valence-corrected chi connectivity index (χ2v) is 12.1. The number of phenols is 1. The van der Waals surface area contributed by atoms with Gasteiger partial charge in [-0.05, 0) is 59.4 Å². The maximum Gasteiger partial charge on any atom is 0.407 e. The molecule has 0 saturated heterocycles. The summed E-state index contributed by atoms with van der Waals surface area (Å²) < 4.78 is 15.7. The Morgan fingerprint density at radius 1 is 0.553 bits per heavy atom. The van der Waals surface area contributed by atoms with E-state index in [1.54, 1.807) is 12.1 Å². The number of alkyl halides is 3. The Bertz CT molecular complexity index is 1380. The van der Waals surface area contributed by atoms with E-state index in [1.165, 1.54) is 0 Å². The monoisotopic (exact) mass is 834 g/mol. The van der Waals surface area contributed by atoms with E-state index in [4.69, 9.17) is 19.3 Å². The van der Waals surface area contributed by atoms with Crippen LogP contribution in [-0.4, -0.2) is 53.0 Å². The van der Waals surface area contributed by atoms with Gasteiger partial charge in [-0.15, -0.1) is 0 Å². The molecule has 0 heterocycles. The zero-order valence-electron chi connectivity index (χ0n) is 26.1. The van der Waals surface area contributed by atoms with Gasteiger partial charge >= 0.3 is 12.2 Å². The van der Waals surface area contributed by atoms with E-state index < -0.39 is 12.2 Å². The molecule has 252 valence electrons. The van der Waals surface area contributed by atoms with Crippen molar-refractivity contribution < 1.29 is 28.9 Å². The van der Waals surface area contributed by atoms with E-state index in [1.807, 2.05) is 97.1 Å². The minimum Gasteiger partial charge on any atom is -0.508 e. The third kappa shape index (κ3) is 19.7. The summed E-state index contributed by atoms with van der Waals surface area (Å²) >= 11 is 9.72. The first-order valence-electron chi connectivity index (χ1n) is 15.0. The maximum absolute atomic E-state index is 11.6. The van der Waals surface area contributed by atoms with Crippen LogP contribution >= 0.6 is 47.8 Å². The van der Waals surface area contributed by atoms with Gasteiger partial charge in [-0.1, -0.05) is 133 Å². The van der Waals surface area contributed by atoms with Gasteiger partial charge in [-0.2, -0.15) is 0 Å². The number of hydrogen-bond donors (Lipinski definition) is 3. The van der Waals surface area contributed by atoms with Gasteiger partial charge in [0.2, 0.25) is 0 Å². The summed E-state index contributed by atoms with van der Waals surface area (Å²) in [7, 11) is 0. The van der Waals surface area contributed by atoms with E-state index in [0.717, 1.165) is 50.4 Å². The van der Waals surface area contributed by atoms with Crippen LogP contribution in [0.1, 0.15) is 22.3 Å². The Kier molecular flexibility index (Phi) is 21.5. The lowest BCUT2D eigenvalue weighted by Crippen LogP contribution is -2.26. The van der Waals surface area contributed by atoms with Gasteiger partial charge in [0.25, 0.3) is 0 Å². The molecule has 0 atom stereocenters. The van der Waals surface area contributed by atoms with Crippen LogP contribution in [0.4, 0.5) is 9.59 Å². The number of amides is 2. The van der Waals surface area contributed by atoms with Gasteiger partial charge in [0, 0.05) is 29.1 Å². The topological polar surface area (TPSA) is 106 Å². The van der Waals surface area contributed by atoms with Crippen molar-refractivity contribution in [3.8, 4) is 11.5 Å². The summed E-state index contributed by atoms with van der Waals surface area (Å²) in [6.45, 7) is 2.24. The summed E-state index contributed by atoms with van der Waals surface area (Å²) in [5.41, 5.74) is 4.12. The Hall–Kier alpha value is -3.54. The molecule has 8 nitrogen and oxygen atoms in total. The predicted octanol–water partition coefficient (Wildman–Crippen LogP) is 8.57. The molecule has 0 fully saturated rings. The summed E-state index contributed by atoms with van der Waals surface area (Å²) in [6, 6.07) is 33.9. The molecule has 2 amide bonds. The number of hydrogen-bond acceptors (Lipinski definition) is 6.